The van der Waals surface area contributed by atoms with Gasteiger partial charge < -0.3 is 29.3 Å². The number of ether oxygens (including phenoxy) is 3. The number of hydrogen-bond acceptors (Lipinski definition) is 6. The molecule has 1 aliphatic rings. The van der Waals surface area contributed by atoms with Gasteiger partial charge >= 0.3 is 0 Å². The van der Waals surface area contributed by atoms with Crippen LogP contribution in [0.4, 0.5) is 0 Å². The molecule has 1 heterocycles. The number of amides is 1. The minimum atomic E-state index is -0.774. The van der Waals surface area contributed by atoms with Crippen LogP contribution in [0.5, 0.6) is 17.2 Å². The van der Waals surface area contributed by atoms with Crippen molar-refractivity contribution in [1.29, 1.82) is 0 Å². The molecule has 2 unspecified atom stereocenters. The molecular weight excluding hydrogens is 386 g/mol. The number of nitrogens with zero attached hydrogens (tertiary/aromatic N) is 1. The summed E-state index contributed by atoms with van der Waals surface area (Å²) in [4.78, 5) is 15.0. The lowest BCUT2D eigenvalue weighted by molar-refractivity contribution is 0.0106. The Morgan fingerprint density at radius 2 is 1.73 bits per heavy atom. The van der Waals surface area contributed by atoms with Gasteiger partial charge in [-0.15, -0.1) is 0 Å². The second-order valence-electron chi connectivity index (χ2n) is 7.54. The molecule has 1 aliphatic heterocycles. The van der Waals surface area contributed by atoms with Crippen molar-refractivity contribution < 1.29 is 29.2 Å². The van der Waals surface area contributed by atoms with E-state index in [0.29, 0.717) is 48.7 Å². The zero-order chi connectivity index (χ0) is 21.7. The van der Waals surface area contributed by atoms with Crippen molar-refractivity contribution in [2.45, 2.75) is 18.9 Å². The molecule has 2 N–H and O–H groups in total. The Labute approximate surface area is 176 Å². The maximum absolute atomic E-state index is 13.3. The minimum Gasteiger partial charge on any atom is -0.493 e. The van der Waals surface area contributed by atoms with Crippen molar-refractivity contribution in [3.63, 3.8) is 0 Å². The fourth-order valence-corrected chi connectivity index (χ4v) is 4.23. The first-order chi connectivity index (χ1) is 14.5. The molecule has 0 bridgehead atoms. The van der Waals surface area contributed by atoms with Gasteiger partial charge in [0, 0.05) is 30.7 Å². The summed E-state index contributed by atoms with van der Waals surface area (Å²) in [7, 11) is 4.52. The van der Waals surface area contributed by atoms with Crippen molar-refractivity contribution in [1.82, 2.24) is 4.90 Å². The highest BCUT2D eigenvalue weighted by atomic mass is 16.5. The highest BCUT2D eigenvalue weighted by molar-refractivity contribution is 5.96. The summed E-state index contributed by atoms with van der Waals surface area (Å²) >= 11 is 0. The molecule has 1 amide bonds. The molecule has 2 aromatic rings. The van der Waals surface area contributed by atoms with E-state index in [2.05, 4.69) is 0 Å². The van der Waals surface area contributed by atoms with Gasteiger partial charge in [-0.2, -0.15) is 0 Å². The van der Waals surface area contributed by atoms with E-state index in [1.807, 2.05) is 30.3 Å². The van der Waals surface area contributed by atoms with Gasteiger partial charge in [0.1, 0.15) is 0 Å². The normalized spacial score (nSPS) is 19.4. The van der Waals surface area contributed by atoms with Crippen LogP contribution in [0.25, 0.3) is 0 Å². The zero-order valence-electron chi connectivity index (χ0n) is 17.6. The second-order valence-corrected chi connectivity index (χ2v) is 7.54. The fraction of sp³-hybridized carbons (Fsp3) is 0.435. The molecule has 1 saturated heterocycles. The Morgan fingerprint density at radius 3 is 2.27 bits per heavy atom. The van der Waals surface area contributed by atoms with Crippen molar-refractivity contribution in [2.24, 2.45) is 5.41 Å². The number of rotatable bonds is 8. The van der Waals surface area contributed by atoms with Gasteiger partial charge in [-0.25, -0.2) is 0 Å². The average molecular weight is 415 g/mol. The van der Waals surface area contributed by atoms with Crippen LogP contribution in [-0.4, -0.2) is 62.0 Å². The van der Waals surface area contributed by atoms with Crippen LogP contribution in [0.2, 0.25) is 0 Å². The predicted octanol–water partition coefficient (Wildman–Crippen LogP) is 2.66. The van der Waals surface area contributed by atoms with Gasteiger partial charge in [-0.05, 0) is 30.5 Å². The van der Waals surface area contributed by atoms with E-state index in [0.717, 1.165) is 5.56 Å². The quantitative estimate of drug-likeness (QED) is 0.689. The number of methoxy groups -OCH3 is 3. The van der Waals surface area contributed by atoms with E-state index in [-0.39, 0.29) is 12.5 Å². The van der Waals surface area contributed by atoms with E-state index < -0.39 is 11.5 Å². The highest BCUT2D eigenvalue weighted by Crippen LogP contribution is 2.46. The number of aliphatic hydroxyl groups excluding tert-OH is 2. The number of aliphatic hydroxyl groups is 2. The minimum absolute atomic E-state index is 0.0594. The molecule has 0 radical (unpaired) electrons. The molecule has 2 aromatic carbocycles. The van der Waals surface area contributed by atoms with Crippen LogP contribution in [0.1, 0.15) is 34.9 Å². The van der Waals surface area contributed by atoms with Gasteiger partial charge in [0.05, 0.1) is 27.4 Å². The van der Waals surface area contributed by atoms with Crippen LogP contribution >= 0.6 is 0 Å². The van der Waals surface area contributed by atoms with Gasteiger partial charge in [-0.3, -0.25) is 4.79 Å². The third-order valence-electron chi connectivity index (χ3n) is 5.89. The summed E-state index contributed by atoms with van der Waals surface area (Å²) in [6.07, 6.45) is 0.227. The molecule has 1 fully saturated rings. The number of likely N-dealkylation sites (tertiary alicyclic amines) is 1. The number of carbonyl (C=O) groups is 1. The number of hydrogen-bond donors (Lipinski definition) is 2. The van der Waals surface area contributed by atoms with Crippen LogP contribution < -0.4 is 14.2 Å². The lowest BCUT2D eigenvalue weighted by Crippen LogP contribution is -2.36. The smallest absolute Gasteiger partial charge is 0.254 e. The van der Waals surface area contributed by atoms with Crippen molar-refractivity contribution in [3.05, 3.63) is 53.6 Å². The largest absolute Gasteiger partial charge is 0.493 e. The van der Waals surface area contributed by atoms with Crippen LogP contribution in [-0.2, 0) is 0 Å². The summed E-state index contributed by atoms with van der Waals surface area (Å²) < 4.78 is 16.0. The Hall–Kier alpha value is -2.77. The van der Waals surface area contributed by atoms with Crippen molar-refractivity contribution >= 4 is 5.91 Å². The molecule has 3 rings (SSSR count). The Morgan fingerprint density at radius 1 is 1.10 bits per heavy atom. The average Bonchev–Trinajstić information content (AvgIpc) is 3.23. The fourth-order valence-electron chi connectivity index (χ4n) is 4.23. The molecule has 2 atom stereocenters. The predicted molar refractivity (Wildman–Crippen MR) is 112 cm³/mol. The standard InChI is InChI=1S/C23H29NO6/c1-28-18-13-17(14-19(29-2)20(18)30-3)22(27)24-11-9-23(15-24,10-12-25)21(26)16-7-5-4-6-8-16/h4-8,13-14,21,25-26H,9-12,15H2,1-3H3. The molecule has 7 heteroatoms. The molecule has 162 valence electrons. The maximum Gasteiger partial charge on any atom is 0.254 e. The van der Waals surface area contributed by atoms with E-state index in [1.165, 1.54) is 21.3 Å². The van der Waals surface area contributed by atoms with E-state index >= 15 is 0 Å². The summed E-state index contributed by atoms with van der Waals surface area (Å²) in [6, 6.07) is 12.6. The summed E-state index contributed by atoms with van der Waals surface area (Å²) in [6.45, 7) is 0.772. The molecule has 0 saturated carbocycles. The van der Waals surface area contributed by atoms with Crippen LogP contribution in [0.3, 0.4) is 0 Å². The molecule has 7 nitrogen and oxygen atoms in total. The van der Waals surface area contributed by atoms with Crippen molar-refractivity contribution in [3.8, 4) is 17.2 Å². The first-order valence-corrected chi connectivity index (χ1v) is 9.93. The summed E-state index contributed by atoms with van der Waals surface area (Å²) in [5.41, 5.74) is 0.596. The van der Waals surface area contributed by atoms with Gasteiger partial charge in [0.25, 0.3) is 5.91 Å². The van der Waals surface area contributed by atoms with Gasteiger partial charge in [0.15, 0.2) is 11.5 Å². The van der Waals surface area contributed by atoms with Crippen molar-refractivity contribution in [2.75, 3.05) is 41.0 Å². The second kappa shape index (κ2) is 9.36. The topological polar surface area (TPSA) is 88.5 Å². The summed E-state index contributed by atoms with van der Waals surface area (Å²) in [5.74, 6) is 1.05. The number of carbonyl (C=O) groups excluding carboxylic acids is 1. The lowest BCUT2D eigenvalue weighted by Gasteiger charge is -2.34. The molecule has 30 heavy (non-hydrogen) atoms. The third kappa shape index (κ3) is 4.08. The number of benzene rings is 2. The molecule has 0 aromatic heterocycles. The Kier molecular flexibility index (Phi) is 6.84. The zero-order valence-corrected chi connectivity index (χ0v) is 17.6. The highest BCUT2D eigenvalue weighted by Gasteiger charge is 2.45. The van der Waals surface area contributed by atoms with E-state index in [4.69, 9.17) is 14.2 Å². The summed E-state index contributed by atoms with van der Waals surface area (Å²) in [5, 5.41) is 20.8. The first-order valence-electron chi connectivity index (χ1n) is 9.93. The monoisotopic (exact) mass is 415 g/mol. The first kappa shape index (κ1) is 21.9. The maximum atomic E-state index is 13.3. The van der Waals surface area contributed by atoms with Gasteiger partial charge in [0.2, 0.25) is 5.75 Å². The van der Waals surface area contributed by atoms with E-state index in [9.17, 15) is 15.0 Å². The van der Waals surface area contributed by atoms with Crippen LogP contribution in [0.15, 0.2) is 42.5 Å². The Bertz CT molecular complexity index is 846. The third-order valence-corrected chi connectivity index (χ3v) is 5.89. The van der Waals surface area contributed by atoms with Crippen LogP contribution in [0, 0.1) is 5.41 Å². The van der Waals surface area contributed by atoms with Gasteiger partial charge in [-0.1, -0.05) is 30.3 Å². The lowest BCUT2D eigenvalue weighted by atomic mass is 9.75. The molecular formula is C23H29NO6. The SMILES string of the molecule is COc1cc(C(=O)N2CCC(CCO)(C(O)c3ccccc3)C2)cc(OC)c1OC. The molecule has 0 aliphatic carbocycles. The molecule has 0 spiro atoms. The Balaban J connectivity index is 1.88. The van der Waals surface area contributed by atoms with E-state index in [1.54, 1.807) is 17.0 Å².